The topological polar surface area (TPSA) is 124 Å². The van der Waals surface area contributed by atoms with Crippen molar-refractivity contribution in [3.8, 4) is 28.8 Å². The summed E-state index contributed by atoms with van der Waals surface area (Å²) in [7, 11) is 4.84. The van der Waals surface area contributed by atoms with Gasteiger partial charge in [0.1, 0.15) is 23.1 Å². The Labute approximate surface area is 249 Å². The zero-order valence-corrected chi connectivity index (χ0v) is 24.3. The van der Waals surface area contributed by atoms with Crippen LogP contribution in [0.1, 0.15) is 27.3 Å². The minimum absolute atomic E-state index is 0.372. The first-order chi connectivity index (χ1) is 21.0. The van der Waals surface area contributed by atoms with Crippen molar-refractivity contribution in [2.45, 2.75) is 20.0 Å². The third kappa shape index (κ3) is 7.20. The predicted octanol–water partition coefficient (Wildman–Crippen LogP) is 5.43. The van der Waals surface area contributed by atoms with E-state index in [9.17, 15) is 4.79 Å². The summed E-state index contributed by atoms with van der Waals surface area (Å²) in [5.41, 5.74) is 3.71. The highest BCUT2D eigenvalue weighted by Gasteiger charge is 2.18. The second-order valence-corrected chi connectivity index (χ2v) is 9.56. The van der Waals surface area contributed by atoms with E-state index in [1.165, 1.54) is 6.20 Å². The fraction of sp³-hybridized carbons (Fsp3) is 0.188. The molecule has 0 spiro atoms. The Morgan fingerprint density at radius 1 is 0.767 bits per heavy atom. The second-order valence-electron chi connectivity index (χ2n) is 9.56. The molecule has 0 atom stereocenters. The minimum atomic E-state index is 0.372. The number of nitrogens with zero attached hydrogens (tertiary/aromatic N) is 6. The van der Waals surface area contributed by atoms with E-state index in [1.807, 2.05) is 61.5 Å². The molecule has 0 unspecified atom stereocenters. The Hall–Kier alpha value is -5.58. The van der Waals surface area contributed by atoms with Gasteiger partial charge in [0, 0.05) is 30.9 Å². The van der Waals surface area contributed by atoms with E-state index in [0.717, 1.165) is 28.9 Å². The number of rotatable bonds is 12. The molecule has 3 aromatic heterocycles. The Bertz CT molecular complexity index is 1630. The highest BCUT2D eigenvalue weighted by atomic mass is 16.5. The Morgan fingerprint density at radius 2 is 1.42 bits per heavy atom. The molecule has 2 aromatic carbocycles. The van der Waals surface area contributed by atoms with Crippen molar-refractivity contribution in [3.05, 3.63) is 102 Å². The van der Waals surface area contributed by atoms with Crippen LogP contribution in [0.15, 0.2) is 79.1 Å². The van der Waals surface area contributed by atoms with E-state index >= 15 is 0 Å². The lowest BCUT2D eigenvalue weighted by atomic mass is 10.1. The molecule has 0 aliphatic carbocycles. The molecule has 11 heteroatoms. The Morgan fingerprint density at radius 3 is 1.95 bits per heavy atom. The van der Waals surface area contributed by atoms with Gasteiger partial charge in [0.2, 0.25) is 11.8 Å². The lowest BCUT2D eigenvalue weighted by molar-refractivity contribution is 0.112. The van der Waals surface area contributed by atoms with Crippen molar-refractivity contribution in [2.75, 3.05) is 31.5 Å². The summed E-state index contributed by atoms with van der Waals surface area (Å²) >= 11 is 0. The molecule has 0 saturated carbocycles. The van der Waals surface area contributed by atoms with Gasteiger partial charge in [-0.3, -0.25) is 4.79 Å². The molecule has 11 nitrogen and oxygen atoms in total. The molecule has 3 heterocycles. The van der Waals surface area contributed by atoms with Crippen molar-refractivity contribution in [2.24, 2.45) is 0 Å². The number of carbonyl (C=O) groups excluding carboxylic acids is 1. The predicted molar refractivity (Wildman–Crippen MR) is 163 cm³/mol. The average molecular weight is 578 g/mol. The van der Waals surface area contributed by atoms with Crippen LogP contribution < -0.4 is 24.4 Å². The minimum Gasteiger partial charge on any atom is -0.497 e. The highest BCUT2D eigenvalue weighted by Crippen LogP contribution is 2.29. The zero-order chi connectivity index (χ0) is 30.2. The lowest BCUT2D eigenvalue weighted by Crippen LogP contribution is -2.25. The van der Waals surface area contributed by atoms with Crippen LogP contribution in [0.2, 0.25) is 0 Å². The zero-order valence-electron chi connectivity index (χ0n) is 24.3. The number of ether oxygens (including phenoxy) is 3. The van der Waals surface area contributed by atoms with Crippen LogP contribution in [0.3, 0.4) is 0 Å². The van der Waals surface area contributed by atoms with Gasteiger partial charge in [0.25, 0.3) is 0 Å². The van der Waals surface area contributed by atoms with E-state index in [1.54, 1.807) is 39.7 Å². The summed E-state index contributed by atoms with van der Waals surface area (Å²) in [6, 6.07) is 21.0. The first kappa shape index (κ1) is 28.9. The van der Waals surface area contributed by atoms with Gasteiger partial charge < -0.3 is 24.4 Å². The van der Waals surface area contributed by atoms with Crippen LogP contribution in [-0.4, -0.2) is 52.5 Å². The van der Waals surface area contributed by atoms with E-state index in [0.29, 0.717) is 59.2 Å². The molecular weight excluding hydrogens is 546 g/mol. The number of aldehydes is 1. The van der Waals surface area contributed by atoms with Crippen molar-refractivity contribution in [1.29, 1.82) is 0 Å². The molecule has 5 rings (SSSR count). The fourth-order valence-electron chi connectivity index (χ4n) is 4.36. The standard InChI is InChI=1S/C32H31N7O4/c1-21-35-31(28-15-24(20-40)16-34-30(28)37-25-9-14-29(43-4)33-17-25)38-32(36-21)39(18-22-5-10-26(41-2)11-6-22)19-23-7-12-27(42-3)13-8-23/h5-17,20H,18-19H2,1-4H3,(H,34,37). The normalized spacial score (nSPS) is 10.6. The maximum absolute atomic E-state index is 11.7. The molecule has 0 fully saturated rings. The summed E-state index contributed by atoms with van der Waals surface area (Å²) in [5, 5.41) is 3.26. The van der Waals surface area contributed by atoms with E-state index in [4.69, 9.17) is 24.2 Å². The number of hydrogen-bond acceptors (Lipinski definition) is 11. The summed E-state index contributed by atoms with van der Waals surface area (Å²) in [6.45, 7) is 2.85. The molecule has 1 N–H and O–H groups in total. The highest BCUT2D eigenvalue weighted by molar-refractivity contribution is 5.82. The maximum Gasteiger partial charge on any atom is 0.229 e. The van der Waals surface area contributed by atoms with Crippen LogP contribution >= 0.6 is 0 Å². The van der Waals surface area contributed by atoms with Crippen molar-refractivity contribution in [3.63, 3.8) is 0 Å². The van der Waals surface area contributed by atoms with Gasteiger partial charge >= 0.3 is 0 Å². The molecule has 0 radical (unpaired) electrons. The van der Waals surface area contributed by atoms with Crippen LogP contribution in [0.5, 0.6) is 17.4 Å². The summed E-state index contributed by atoms with van der Waals surface area (Å²) in [4.78, 5) is 36.8. The second kappa shape index (κ2) is 13.4. The van der Waals surface area contributed by atoms with Gasteiger partial charge in [-0.05, 0) is 54.4 Å². The molecule has 0 aliphatic rings. The van der Waals surface area contributed by atoms with Gasteiger partial charge in [-0.25, -0.2) is 15.0 Å². The quantitative estimate of drug-likeness (QED) is 0.191. The number of methoxy groups -OCH3 is 3. The Kier molecular flexibility index (Phi) is 9.01. The number of benzene rings is 2. The Balaban J connectivity index is 1.54. The largest absolute Gasteiger partial charge is 0.497 e. The number of nitrogens with one attached hydrogen (secondary N) is 1. The third-order valence-electron chi connectivity index (χ3n) is 6.58. The van der Waals surface area contributed by atoms with Gasteiger partial charge in [0.05, 0.1) is 38.8 Å². The summed E-state index contributed by atoms with van der Waals surface area (Å²) in [5.74, 6) is 3.87. The molecular formula is C32H31N7O4. The number of anilines is 3. The van der Waals surface area contributed by atoms with Crippen molar-refractivity contribution < 1.29 is 19.0 Å². The molecule has 0 bridgehead atoms. The average Bonchev–Trinajstić information content (AvgIpc) is 3.05. The monoisotopic (exact) mass is 577 g/mol. The molecule has 0 aliphatic heterocycles. The maximum atomic E-state index is 11.7. The first-order valence-electron chi connectivity index (χ1n) is 13.4. The van der Waals surface area contributed by atoms with Crippen LogP contribution in [0, 0.1) is 6.92 Å². The molecule has 43 heavy (non-hydrogen) atoms. The summed E-state index contributed by atoms with van der Waals surface area (Å²) in [6.07, 6.45) is 3.86. The molecule has 0 saturated heterocycles. The summed E-state index contributed by atoms with van der Waals surface area (Å²) < 4.78 is 15.8. The third-order valence-corrected chi connectivity index (χ3v) is 6.58. The van der Waals surface area contributed by atoms with E-state index in [-0.39, 0.29) is 0 Å². The molecule has 5 aromatic rings. The number of aryl methyl sites for hydroxylation is 1. The van der Waals surface area contributed by atoms with Crippen LogP contribution in [-0.2, 0) is 13.1 Å². The number of carbonyl (C=O) groups is 1. The van der Waals surface area contributed by atoms with Gasteiger partial charge in [-0.2, -0.15) is 9.97 Å². The van der Waals surface area contributed by atoms with Crippen LogP contribution in [0.4, 0.5) is 17.5 Å². The SMILES string of the molecule is COc1ccc(CN(Cc2ccc(OC)cc2)c2nc(C)nc(-c3cc(C=O)cnc3Nc3ccc(OC)nc3)n2)cc1. The molecule has 218 valence electrons. The van der Waals surface area contributed by atoms with E-state index in [2.05, 4.69) is 25.2 Å². The number of aromatic nitrogens is 5. The molecule has 0 amide bonds. The number of hydrogen-bond donors (Lipinski definition) is 1. The number of pyridine rings is 2. The smallest absolute Gasteiger partial charge is 0.229 e. The van der Waals surface area contributed by atoms with Gasteiger partial charge in [-0.15, -0.1) is 0 Å². The lowest BCUT2D eigenvalue weighted by Gasteiger charge is -2.24. The van der Waals surface area contributed by atoms with Gasteiger partial charge in [-0.1, -0.05) is 24.3 Å². The fourth-order valence-corrected chi connectivity index (χ4v) is 4.36. The van der Waals surface area contributed by atoms with E-state index < -0.39 is 0 Å². The van der Waals surface area contributed by atoms with Crippen molar-refractivity contribution >= 4 is 23.7 Å². The first-order valence-corrected chi connectivity index (χ1v) is 13.4. The van der Waals surface area contributed by atoms with Crippen LogP contribution in [0.25, 0.3) is 11.4 Å². The van der Waals surface area contributed by atoms with Crippen molar-refractivity contribution in [1.82, 2.24) is 24.9 Å². The van der Waals surface area contributed by atoms with Gasteiger partial charge in [0.15, 0.2) is 12.1 Å².